The molecule has 0 unspecified atom stereocenters. The lowest BCUT2D eigenvalue weighted by Gasteiger charge is -2.40. The van der Waals surface area contributed by atoms with E-state index in [0.29, 0.717) is 16.6 Å². The topological polar surface area (TPSA) is 23.6 Å². The molecule has 0 saturated carbocycles. The molecule has 1 fully saturated rings. The number of nitrogens with zero attached hydrogens (tertiary/aromatic N) is 2. The van der Waals surface area contributed by atoms with E-state index in [-0.39, 0.29) is 11.9 Å². The second kappa shape index (κ2) is 7.53. The van der Waals surface area contributed by atoms with Crippen molar-refractivity contribution in [3.63, 3.8) is 0 Å². The Morgan fingerprint density at radius 1 is 1.35 bits per heavy atom. The third-order valence-electron chi connectivity index (χ3n) is 4.89. The molecule has 124 valence electrons. The molecule has 0 bridgehead atoms. The standard InChI is InChI=1S/C18H22ClIN2O/c1-21(18(23)14-12-13(19)8-9-15(14)20)16-6-2-3-7-17(16)22-10-4-5-11-22/h2,6,8-9,12,16-17H,3-5,7,10-11H2,1H3/t16-,17-/m0/s1. The Balaban J connectivity index is 1.83. The fraction of sp³-hybridized carbons (Fsp3) is 0.500. The van der Waals surface area contributed by atoms with Crippen LogP contribution in [-0.4, -0.2) is 47.9 Å². The summed E-state index contributed by atoms with van der Waals surface area (Å²) in [5.74, 6) is 0.0534. The van der Waals surface area contributed by atoms with E-state index < -0.39 is 0 Å². The minimum Gasteiger partial charge on any atom is -0.334 e. The monoisotopic (exact) mass is 444 g/mol. The van der Waals surface area contributed by atoms with Crippen LogP contribution >= 0.6 is 34.2 Å². The Morgan fingerprint density at radius 2 is 2.09 bits per heavy atom. The lowest BCUT2D eigenvalue weighted by Crippen LogP contribution is -2.51. The first-order chi connectivity index (χ1) is 11.1. The molecule has 1 amide bonds. The van der Waals surface area contributed by atoms with Crippen molar-refractivity contribution in [2.75, 3.05) is 20.1 Å². The van der Waals surface area contributed by atoms with Crippen molar-refractivity contribution in [3.05, 3.63) is 44.5 Å². The van der Waals surface area contributed by atoms with E-state index in [9.17, 15) is 4.79 Å². The molecule has 3 rings (SSSR count). The average Bonchev–Trinajstić information content (AvgIpc) is 3.10. The molecule has 0 aromatic heterocycles. The van der Waals surface area contributed by atoms with Gasteiger partial charge in [0.05, 0.1) is 11.6 Å². The molecule has 23 heavy (non-hydrogen) atoms. The van der Waals surface area contributed by atoms with Crippen molar-refractivity contribution >= 4 is 40.1 Å². The van der Waals surface area contributed by atoms with Gasteiger partial charge in [-0.1, -0.05) is 23.8 Å². The largest absolute Gasteiger partial charge is 0.334 e. The third kappa shape index (κ3) is 3.74. The van der Waals surface area contributed by atoms with Crippen molar-refractivity contribution in [2.24, 2.45) is 0 Å². The van der Waals surface area contributed by atoms with Gasteiger partial charge < -0.3 is 4.90 Å². The molecule has 1 aromatic carbocycles. The van der Waals surface area contributed by atoms with Crippen LogP contribution in [-0.2, 0) is 0 Å². The molecule has 1 heterocycles. The number of likely N-dealkylation sites (N-methyl/N-ethyl adjacent to an activating group) is 1. The number of carbonyl (C=O) groups is 1. The van der Waals surface area contributed by atoms with Crippen LogP contribution in [0.15, 0.2) is 30.4 Å². The second-order valence-electron chi connectivity index (χ2n) is 6.35. The fourth-order valence-electron chi connectivity index (χ4n) is 3.65. The van der Waals surface area contributed by atoms with E-state index in [1.165, 1.54) is 12.8 Å². The number of benzene rings is 1. The van der Waals surface area contributed by atoms with E-state index in [4.69, 9.17) is 11.6 Å². The summed E-state index contributed by atoms with van der Waals surface area (Å²) in [6.07, 6.45) is 9.21. The lowest BCUT2D eigenvalue weighted by atomic mass is 9.93. The van der Waals surface area contributed by atoms with Crippen molar-refractivity contribution in [2.45, 2.75) is 37.8 Å². The predicted molar refractivity (Wildman–Crippen MR) is 103 cm³/mol. The number of allylic oxidation sites excluding steroid dienone is 1. The smallest absolute Gasteiger partial charge is 0.255 e. The quantitative estimate of drug-likeness (QED) is 0.515. The normalized spacial score (nSPS) is 24.8. The molecular weight excluding hydrogens is 423 g/mol. The Bertz CT molecular complexity index is 613. The Kier molecular flexibility index (Phi) is 5.65. The van der Waals surface area contributed by atoms with Crippen molar-refractivity contribution < 1.29 is 4.79 Å². The highest BCUT2D eigenvalue weighted by Gasteiger charge is 2.34. The molecule has 1 aliphatic carbocycles. The van der Waals surface area contributed by atoms with Gasteiger partial charge in [-0.15, -0.1) is 0 Å². The van der Waals surface area contributed by atoms with Crippen molar-refractivity contribution in [1.82, 2.24) is 9.80 Å². The van der Waals surface area contributed by atoms with Crippen LogP contribution in [0.2, 0.25) is 5.02 Å². The van der Waals surface area contributed by atoms with Gasteiger partial charge in [0.1, 0.15) is 0 Å². The van der Waals surface area contributed by atoms with Gasteiger partial charge in [0.15, 0.2) is 0 Å². The molecule has 1 saturated heterocycles. The summed E-state index contributed by atoms with van der Waals surface area (Å²) in [4.78, 5) is 17.4. The summed E-state index contributed by atoms with van der Waals surface area (Å²) in [6.45, 7) is 2.32. The number of carbonyl (C=O) groups excluding carboxylic acids is 1. The first-order valence-electron chi connectivity index (χ1n) is 8.21. The number of amides is 1. The van der Waals surface area contributed by atoms with Gasteiger partial charge in [-0.05, 0) is 79.6 Å². The number of rotatable bonds is 3. The molecule has 1 aromatic rings. The highest BCUT2D eigenvalue weighted by Crippen LogP contribution is 2.27. The number of hydrogen-bond donors (Lipinski definition) is 0. The zero-order valence-corrected chi connectivity index (χ0v) is 16.3. The van der Waals surface area contributed by atoms with E-state index >= 15 is 0 Å². The highest BCUT2D eigenvalue weighted by molar-refractivity contribution is 14.1. The Morgan fingerprint density at radius 3 is 2.83 bits per heavy atom. The van der Waals surface area contributed by atoms with Gasteiger partial charge >= 0.3 is 0 Å². The SMILES string of the molecule is CN(C(=O)c1cc(Cl)ccc1I)[C@H]1C=CCC[C@@H]1N1CCCC1. The number of hydrogen-bond acceptors (Lipinski definition) is 2. The van der Waals surface area contributed by atoms with Gasteiger partial charge in [0, 0.05) is 21.7 Å². The average molecular weight is 445 g/mol. The molecule has 5 heteroatoms. The van der Waals surface area contributed by atoms with E-state index in [1.54, 1.807) is 6.07 Å². The van der Waals surface area contributed by atoms with Crippen LogP contribution in [0.25, 0.3) is 0 Å². The predicted octanol–water partition coefficient (Wildman–Crippen LogP) is 4.20. The van der Waals surface area contributed by atoms with Gasteiger partial charge in [-0.3, -0.25) is 9.69 Å². The van der Waals surface area contributed by atoms with Crippen LogP contribution in [0.4, 0.5) is 0 Å². The highest BCUT2D eigenvalue weighted by atomic mass is 127. The van der Waals surface area contributed by atoms with E-state index in [1.807, 2.05) is 24.1 Å². The first kappa shape index (κ1) is 17.2. The summed E-state index contributed by atoms with van der Waals surface area (Å²) in [5, 5.41) is 0.609. The minimum absolute atomic E-state index is 0.0534. The molecule has 0 N–H and O–H groups in total. The summed E-state index contributed by atoms with van der Waals surface area (Å²) in [5.41, 5.74) is 0.694. The summed E-state index contributed by atoms with van der Waals surface area (Å²) in [7, 11) is 1.92. The van der Waals surface area contributed by atoms with Gasteiger partial charge in [0.2, 0.25) is 0 Å². The molecule has 2 aliphatic rings. The maximum Gasteiger partial charge on any atom is 0.255 e. The molecule has 1 aliphatic heterocycles. The molecule has 0 spiro atoms. The maximum absolute atomic E-state index is 13.0. The maximum atomic E-state index is 13.0. The van der Waals surface area contributed by atoms with Crippen LogP contribution < -0.4 is 0 Å². The second-order valence-corrected chi connectivity index (χ2v) is 7.95. The van der Waals surface area contributed by atoms with Crippen molar-refractivity contribution in [1.29, 1.82) is 0 Å². The molecule has 0 radical (unpaired) electrons. The van der Waals surface area contributed by atoms with Crippen LogP contribution in [0.3, 0.4) is 0 Å². The van der Waals surface area contributed by atoms with Crippen LogP contribution in [0.5, 0.6) is 0 Å². The van der Waals surface area contributed by atoms with E-state index in [0.717, 1.165) is 29.5 Å². The zero-order chi connectivity index (χ0) is 16.4. The van der Waals surface area contributed by atoms with Gasteiger partial charge in [-0.2, -0.15) is 0 Å². The van der Waals surface area contributed by atoms with Gasteiger partial charge in [-0.25, -0.2) is 0 Å². The van der Waals surface area contributed by atoms with Crippen LogP contribution in [0.1, 0.15) is 36.0 Å². The Labute approximate surface area is 156 Å². The zero-order valence-electron chi connectivity index (χ0n) is 13.3. The molecular formula is C18H22ClIN2O. The first-order valence-corrected chi connectivity index (χ1v) is 9.66. The molecule has 2 atom stereocenters. The fourth-order valence-corrected chi connectivity index (χ4v) is 4.39. The summed E-state index contributed by atoms with van der Waals surface area (Å²) in [6, 6.07) is 6.09. The van der Waals surface area contributed by atoms with Gasteiger partial charge in [0.25, 0.3) is 5.91 Å². The van der Waals surface area contributed by atoms with Crippen LogP contribution in [0, 0.1) is 3.57 Å². The number of halogens is 2. The summed E-state index contributed by atoms with van der Waals surface area (Å²) >= 11 is 8.29. The molecule has 3 nitrogen and oxygen atoms in total. The lowest BCUT2D eigenvalue weighted by molar-refractivity contribution is 0.0647. The van der Waals surface area contributed by atoms with Crippen molar-refractivity contribution in [3.8, 4) is 0 Å². The number of likely N-dealkylation sites (tertiary alicyclic amines) is 1. The Hall–Kier alpha value is -0.590. The van der Waals surface area contributed by atoms with E-state index in [2.05, 4.69) is 39.6 Å². The third-order valence-corrected chi connectivity index (χ3v) is 6.07. The summed E-state index contributed by atoms with van der Waals surface area (Å²) < 4.78 is 0.946. The minimum atomic E-state index is 0.0534.